The average Bonchev–Trinajstić information content (AvgIpc) is 3.06. The maximum atomic E-state index is 13.2. The van der Waals surface area contributed by atoms with Gasteiger partial charge in [-0.3, -0.25) is 4.79 Å². The number of rotatable bonds is 6. The number of nitrogens with one attached hydrogen (secondary N) is 2. The van der Waals surface area contributed by atoms with E-state index in [4.69, 9.17) is 11.6 Å². The van der Waals surface area contributed by atoms with Crippen LogP contribution in [-0.4, -0.2) is 19.0 Å². The summed E-state index contributed by atoms with van der Waals surface area (Å²) < 4.78 is 51.3. The molecule has 2 rings (SSSR count). The molecule has 0 bridgehead atoms. The number of carbonyl (C=O) groups excluding carboxylic acids is 1. The van der Waals surface area contributed by atoms with Crippen molar-refractivity contribution in [3.05, 3.63) is 50.9 Å². The molecule has 1 aromatic carbocycles. The first-order chi connectivity index (χ1) is 12.1. The van der Waals surface area contributed by atoms with Gasteiger partial charge in [-0.15, -0.1) is 11.3 Å². The standard InChI is InChI=1S/C17H17ClF4N2OS/c1-9(14-5-6-15(26-14)17(20,21)22)7-13(23-2)16(25)24-10-3-4-12(19)11(18)8-10/h3-6,8-9,13,23H,7H2,1-2H3,(H,24,25)/t9-,13+/m0/s1. The molecule has 1 amide bonds. The van der Waals surface area contributed by atoms with Gasteiger partial charge in [-0.2, -0.15) is 13.2 Å². The molecule has 0 aliphatic rings. The summed E-state index contributed by atoms with van der Waals surface area (Å²) in [6.45, 7) is 1.76. The molecule has 1 heterocycles. The fourth-order valence-electron chi connectivity index (χ4n) is 2.40. The van der Waals surface area contributed by atoms with Gasteiger partial charge in [-0.25, -0.2) is 4.39 Å². The Labute approximate surface area is 157 Å². The van der Waals surface area contributed by atoms with Gasteiger partial charge in [0, 0.05) is 10.6 Å². The lowest BCUT2D eigenvalue weighted by molar-refractivity contribution is -0.134. The minimum atomic E-state index is -4.37. The summed E-state index contributed by atoms with van der Waals surface area (Å²) in [6.07, 6.45) is -4.07. The number of likely N-dealkylation sites (N-methyl/N-ethyl adjacent to an activating group) is 1. The van der Waals surface area contributed by atoms with Gasteiger partial charge in [0.05, 0.1) is 11.1 Å². The van der Waals surface area contributed by atoms with Crippen LogP contribution in [0, 0.1) is 5.82 Å². The average molecular weight is 409 g/mol. The van der Waals surface area contributed by atoms with Crippen LogP contribution in [0.1, 0.15) is 29.0 Å². The summed E-state index contributed by atoms with van der Waals surface area (Å²) in [5.41, 5.74) is 0.338. The third-order valence-corrected chi connectivity index (χ3v) is 5.48. The minimum Gasteiger partial charge on any atom is -0.325 e. The topological polar surface area (TPSA) is 41.1 Å². The van der Waals surface area contributed by atoms with Crippen molar-refractivity contribution in [1.29, 1.82) is 0 Å². The number of alkyl halides is 3. The van der Waals surface area contributed by atoms with E-state index in [0.29, 0.717) is 28.3 Å². The third kappa shape index (κ3) is 5.18. The highest BCUT2D eigenvalue weighted by Crippen LogP contribution is 2.37. The molecule has 0 spiro atoms. The van der Waals surface area contributed by atoms with E-state index in [9.17, 15) is 22.4 Å². The number of carbonyl (C=O) groups is 1. The molecule has 0 aliphatic carbocycles. The van der Waals surface area contributed by atoms with E-state index < -0.39 is 22.9 Å². The van der Waals surface area contributed by atoms with Gasteiger partial charge in [0.15, 0.2) is 0 Å². The number of amides is 1. The third-order valence-electron chi connectivity index (χ3n) is 3.83. The van der Waals surface area contributed by atoms with E-state index in [1.807, 2.05) is 0 Å². The number of hydrogen-bond acceptors (Lipinski definition) is 3. The van der Waals surface area contributed by atoms with Crippen LogP contribution in [-0.2, 0) is 11.0 Å². The van der Waals surface area contributed by atoms with Gasteiger partial charge >= 0.3 is 6.18 Å². The lowest BCUT2D eigenvalue weighted by Gasteiger charge is -2.19. The molecule has 3 nitrogen and oxygen atoms in total. The van der Waals surface area contributed by atoms with Crippen LogP contribution in [0.2, 0.25) is 5.02 Å². The zero-order chi connectivity index (χ0) is 19.5. The summed E-state index contributed by atoms with van der Waals surface area (Å²) in [7, 11) is 1.59. The highest BCUT2D eigenvalue weighted by Gasteiger charge is 2.33. The minimum absolute atomic E-state index is 0.115. The van der Waals surface area contributed by atoms with Gasteiger partial charge in [0.1, 0.15) is 10.7 Å². The van der Waals surface area contributed by atoms with Gasteiger partial charge in [-0.05, 0) is 49.7 Å². The number of benzene rings is 1. The van der Waals surface area contributed by atoms with Gasteiger partial charge < -0.3 is 10.6 Å². The SMILES string of the molecule is CN[C@H](C[C@H](C)c1ccc(C(F)(F)F)s1)C(=O)Nc1ccc(F)c(Cl)c1. The monoisotopic (exact) mass is 408 g/mol. The fraction of sp³-hybridized carbons (Fsp3) is 0.353. The summed E-state index contributed by atoms with van der Waals surface area (Å²) in [5, 5.41) is 5.35. The van der Waals surface area contributed by atoms with Crippen LogP contribution in [0.25, 0.3) is 0 Å². The largest absolute Gasteiger partial charge is 0.425 e. The van der Waals surface area contributed by atoms with Crippen molar-refractivity contribution in [2.45, 2.75) is 31.5 Å². The first-order valence-corrected chi connectivity index (χ1v) is 8.91. The van der Waals surface area contributed by atoms with E-state index >= 15 is 0 Å². The molecule has 0 aliphatic heterocycles. The predicted molar refractivity (Wildman–Crippen MR) is 95.2 cm³/mol. The molecule has 0 radical (unpaired) electrons. The van der Waals surface area contributed by atoms with Crippen molar-refractivity contribution in [2.24, 2.45) is 0 Å². The first-order valence-electron chi connectivity index (χ1n) is 7.72. The van der Waals surface area contributed by atoms with E-state index in [0.717, 1.165) is 12.1 Å². The van der Waals surface area contributed by atoms with Crippen molar-refractivity contribution >= 4 is 34.5 Å². The Bertz CT molecular complexity index is 778. The first kappa shape index (κ1) is 20.7. The predicted octanol–water partition coefficient (Wildman–Crippen LogP) is 5.28. The Kier molecular flexibility index (Phi) is 6.65. The Balaban J connectivity index is 2.04. The lowest BCUT2D eigenvalue weighted by atomic mass is 9.99. The van der Waals surface area contributed by atoms with E-state index in [2.05, 4.69) is 10.6 Å². The molecule has 0 fully saturated rings. The van der Waals surface area contributed by atoms with Crippen molar-refractivity contribution in [2.75, 3.05) is 12.4 Å². The van der Waals surface area contributed by atoms with Gasteiger partial charge in [-0.1, -0.05) is 18.5 Å². The Morgan fingerprint density at radius 1 is 1.27 bits per heavy atom. The van der Waals surface area contributed by atoms with Crippen LogP contribution in [0.15, 0.2) is 30.3 Å². The highest BCUT2D eigenvalue weighted by atomic mass is 35.5. The van der Waals surface area contributed by atoms with Crippen LogP contribution < -0.4 is 10.6 Å². The zero-order valence-corrected chi connectivity index (χ0v) is 15.5. The van der Waals surface area contributed by atoms with Crippen molar-refractivity contribution < 1.29 is 22.4 Å². The van der Waals surface area contributed by atoms with Crippen molar-refractivity contribution in [3.8, 4) is 0 Å². The number of halogens is 5. The summed E-state index contributed by atoms with van der Waals surface area (Å²) in [5.74, 6) is -1.23. The Morgan fingerprint density at radius 2 is 1.96 bits per heavy atom. The molecular weight excluding hydrogens is 392 g/mol. The summed E-state index contributed by atoms with van der Waals surface area (Å²) in [4.78, 5) is 12.3. The van der Waals surface area contributed by atoms with E-state index in [-0.39, 0.29) is 16.8 Å². The number of hydrogen-bond donors (Lipinski definition) is 2. The molecule has 26 heavy (non-hydrogen) atoms. The highest BCUT2D eigenvalue weighted by molar-refractivity contribution is 7.12. The van der Waals surface area contributed by atoms with Crippen LogP contribution >= 0.6 is 22.9 Å². The smallest absolute Gasteiger partial charge is 0.325 e. The van der Waals surface area contributed by atoms with Gasteiger partial charge in [0.25, 0.3) is 0 Å². The Morgan fingerprint density at radius 3 is 2.50 bits per heavy atom. The molecule has 2 aromatic rings. The van der Waals surface area contributed by atoms with E-state index in [1.54, 1.807) is 14.0 Å². The molecule has 2 atom stereocenters. The number of thiophene rings is 1. The maximum absolute atomic E-state index is 13.2. The Hall–Kier alpha value is -1.64. The maximum Gasteiger partial charge on any atom is 0.425 e. The molecule has 142 valence electrons. The fourth-order valence-corrected chi connectivity index (χ4v) is 3.52. The molecular formula is C17H17ClF4N2OS. The number of anilines is 1. The molecule has 0 saturated carbocycles. The molecule has 1 aromatic heterocycles. The molecule has 2 N–H and O–H groups in total. The molecule has 0 saturated heterocycles. The second-order valence-corrected chi connectivity index (χ2v) is 7.32. The summed E-state index contributed by atoms with van der Waals surface area (Å²) in [6, 6.07) is 5.65. The summed E-state index contributed by atoms with van der Waals surface area (Å²) >= 11 is 6.36. The zero-order valence-electron chi connectivity index (χ0n) is 14.0. The molecule has 9 heteroatoms. The normalized spacial score (nSPS) is 14.1. The van der Waals surface area contributed by atoms with Crippen molar-refractivity contribution in [1.82, 2.24) is 5.32 Å². The van der Waals surface area contributed by atoms with Gasteiger partial charge in [0.2, 0.25) is 5.91 Å². The van der Waals surface area contributed by atoms with Crippen LogP contribution in [0.4, 0.5) is 23.2 Å². The molecule has 0 unspecified atom stereocenters. The van der Waals surface area contributed by atoms with Crippen LogP contribution in [0.3, 0.4) is 0 Å². The van der Waals surface area contributed by atoms with Crippen molar-refractivity contribution in [3.63, 3.8) is 0 Å². The quantitative estimate of drug-likeness (QED) is 0.638. The second-order valence-electron chi connectivity index (χ2n) is 5.80. The lowest BCUT2D eigenvalue weighted by Crippen LogP contribution is -2.39. The van der Waals surface area contributed by atoms with Crippen LogP contribution in [0.5, 0.6) is 0 Å². The second kappa shape index (κ2) is 8.37. The van der Waals surface area contributed by atoms with E-state index in [1.165, 1.54) is 18.2 Å².